The van der Waals surface area contributed by atoms with Crippen LogP contribution in [0.4, 0.5) is 13.2 Å². The van der Waals surface area contributed by atoms with Crippen LogP contribution in [0.5, 0.6) is 17.2 Å². The molecule has 1 amide bonds. The summed E-state index contributed by atoms with van der Waals surface area (Å²) in [6.07, 6.45) is 2.08. The molecule has 4 rings (SSSR count). The number of aliphatic imine (C=N–C) groups is 1. The van der Waals surface area contributed by atoms with Gasteiger partial charge in [-0.2, -0.15) is 23.4 Å². The zero-order chi connectivity index (χ0) is 25.7. The highest BCUT2D eigenvalue weighted by Crippen LogP contribution is 2.41. The molecule has 3 aromatic rings. The van der Waals surface area contributed by atoms with E-state index in [0.29, 0.717) is 28.7 Å². The second-order valence-corrected chi connectivity index (χ2v) is 8.42. The predicted octanol–water partition coefficient (Wildman–Crippen LogP) is 4.83. The molecule has 0 bridgehead atoms. The largest absolute Gasteiger partial charge is 0.493 e. The molecule has 0 aliphatic carbocycles. The second-order valence-electron chi connectivity index (χ2n) is 7.39. The summed E-state index contributed by atoms with van der Waals surface area (Å²) in [5.74, 6) is -0.667. The minimum absolute atomic E-state index is 0.0402. The van der Waals surface area contributed by atoms with Crippen LogP contribution in [-0.2, 0) is 17.5 Å². The monoisotopic (exact) mass is 513 g/mol. The number of carbonyl (C=O) groups excluding carboxylic acids is 1. The van der Waals surface area contributed by atoms with E-state index in [1.54, 1.807) is 30.7 Å². The van der Waals surface area contributed by atoms with E-state index in [9.17, 15) is 18.0 Å². The Labute approximate surface area is 208 Å². The van der Waals surface area contributed by atoms with E-state index in [2.05, 4.69) is 15.3 Å². The predicted molar refractivity (Wildman–Crippen MR) is 127 cm³/mol. The Morgan fingerprint density at radius 3 is 2.69 bits per heavy atom. The Morgan fingerprint density at radius 2 is 2.00 bits per heavy atom. The average Bonchev–Trinajstić information content (AvgIpc) is 3.49. The molecular formula is C24H18F3N5O3S. The number of amidine groups is 1. The topological polar surface area (TPSA) is 102 Å². The first kappa shape index (κ1) is 24.9. The first-order valence-corrected chi connectivity index (χ1v) is 11.3. The quantitative estimate of drug-likeness (QED) is 0.452. The molecule has 1 N–H and O–H groups in total. The number of methoxy groups -OCH3 is 1. The summed E-state index contributed by atoms with van der Waals surface area (Å²) in [5, 5.41) is 12.5. The molecule has 8 nitrogen and oxygen atoms in total. The number of nitrogens with zero attached hydrogens (tertiary/aromatic N) is 4. The van der Waals surface area contributed by atoms with Crippen LogP contribution in [0.1, 0.15) is 16.7 Å². The van der Waals surface area contributed by atoms with E-state index in [4.69, 9.17) is 14.7 Å². The van der Waals surface area contributed by atoms with Crippen molar-refractivity contribution in [1.29, 1.82) is 5.26 Å². The first-order chi connectivity index (χ1) is 17.3. The first-order valence-electron chi connectivity index (χ1n) is 10.5. The molecule has 1 aliphatic heterocycles. The van der Waals surface area contributed by atoms with Gasteiger partial charge in [-0.25, -0.2) is 4.98 Å². The Bertz CT molecular complexity index is 1380. The van der Waals surface area contributed by atoms with Crippen LogP contribution in [-0.4, -0.2) is 34.3 Å². The summed E-state index contributed by atoms with van der Waals surface area (Å²) in [4.78, 5) is 20.7. The molecule has 1 aromatic heterocycles. The van der Waals surface area contributed by atoms with Crippen LogP contribution in [0, 0.1) is 11.3 Å². The zero-order valence-electron chi connectivity index (χ0n) is 18.7. The van der Waals surface area contributed by atoms with Crippen LogP contribution in [0.25, 0.3) is 6.08 Å². The highest BCUT2D eigenvalue weighted by atomic mass is 32.2. The van der Waals surface area contributed by atoms with Gasteiger partial charge in [0.2, 0.25) is 0 Å². The number of benzene rings is 2. The lowest BCUT2D eigenvalue weighted by atomic mass is 10.1. The van der Waals surface area contributed by atoms with E-state index in [-0.39, 0.29) is 17.1 Å². The Balaban J connectivity index is 1.48. The van der Waals surface area contributed by atoms with Crippen molar-refractivity contribution in [3.63, 3.8) is 0 Å². The third-order valence-electron chi connectivity index (χ3n) is 4.95. The number of nitrogens with one attached hydrogen (secondary N) is 1. The van der Waals surface area contributed by atoms with Gasteiger partial charge >= 0.3 is 6.18 Å². The van der Waals surface area contributed by atoms with Gasteiger partial charge in [0.15, 0.2) is 16.7 Å². The molecule has 0 fully saturated rings. The van der Waals surface area contributed by atoms with Crippen molar-refractivity contribution in [2.75, 3.05) is 13.7 Å². The molecular weight excluding hydrogens is 495 g/mol. The lowest BCUT2D eigenvalue weighted by molar-refractivity contribution is -0.138. The molecule has 184 valence electrons. The van der Waals surface area contributed by atoms with Gasteiger partial charge in [-0.3, -0.25) is 4.79 Å². The minimum Gasteiger partial charge on any atom is -0.493 e. The van der Waals surface area contributed by atoms with E-state index >= 15 is 0 Å². The van der Waals surface area contributed by atoms with Crippen molar-refractivity contribution in [2.45, 2.75) is 12.7 Å². The summed E-state index contributed by atoms with van der Waals surface area (Å²) in [5.41, 5.74) is -0.645. The number of amides is 1. The van der Waals surface area contributed by atoms with Crippen LogP contribution in [0.2, 0.25) is 0 Å². The van der Waals surface area contributed by atoms with Gasteiger partial charge in [-0.15, -0.1) is 0 Å². The fourth-order valence-corrected chi connectivity index (χ4v) is 4.07. The summed E-state index contributed by atoms with van der Waals surface area (Å²) in [7, 11) is 1.35. The normalized spacial score (nSPS) is 14.5. The highest BCUT2D eigenvalue weighted by Gasteiger charge is 2.35. The van der Waals surface area contributed by atoms with Crippen molar-refractivity contribution < 1.29 is 27.4 Å². The standard InChI is InChI=1S/C24H18F3N5O3S/c1-34-20-11-15(12-21-22(33)31-23(36-21)30-7-9-32-8-6-29-14-32)2-5-19(20)35-18-4-3-16(13-28)10-17(18)24(25,26)27/h2-6,8,10-12,14H,7,9H2,1H3,(H,30,31,33)/b21-12+. The molecule has 36 heavy (non-hydrogen) atoms. The van der Waals surface area contributed by atoms with Crippen molar-refractivity contribution in [3.8, 4) is 23.3 Å². The molecule has 1 aliphatic rings. The summed E-state index contributed by atoms with van der Waals surface area (Å²) >= 11 is 1.18. The van der Waals surface area contributed by atoms with Crippen LogP contribution in [0.15, 0.2) is 65.0 Å². The summed E-state index contributed by atoms with van der Waals surface area (Å²) in [6, 6.07) is 9.30. The van der Waals surface area contributed by atoms with Crippen LogP contribution >= 0.6 is 11.8 Å². The van der Waals surface area contributed by atoms with Crippen LogP contribution < -0.4 is 14.8 Å². The average molecular weight is 514 g/mol. The smallest absolute Gasteiger partial charge is 0.420 e. The number of thioether (sulfide) groups is 1. The maximum atomic E-state index is 13.5. The number of ether oxygens (including phenoxy) is 2. The number of halogens is 3. The van der Waals surface area contributed by atoms with E-state index in [0.717, 1.165) is 12.1 Å². The van der Waals surface area contributed by atoms with Gasteiger partial charge in [-0.1, -0.05) is 6.07 Å². The number of rotatable bonds is 7. The number of imidazole rings is 1. The lowest BCUT2D eigenvalue weighted by Gasteiger charge is -2.16. The minimum atomic E-state index is -4.72. The SMILES string of the molecule is COc1cc(/C=C2/SC(NCCn3ccnc3)=NC2=O)ccc1Oc1ccc(C#N)cc1C(F)(F)F. The molecule has 0 atom stereocenters. The number of carbonyl (C=O) groups is 1. The number of aromatic nitrogens is 2. The summed E-state index contributed by atoms with van der Waals surface area (Å²) in [6.45, 7) is 1.21. The molecule has 2 heterocycles. The number of hydrogen-bond acceptors (Lipinski definition) is 7. The van der Waals surface area contributed by atoms with Crippen molar-refractivity contribution in [3.05, 3.63) is 76.7 Å². The molecule has 0 unspecified atom stereocenters. The Hall–Kier alpha value is -4.24. The highest BCUT2D eigenvalue weighted by molar-refractivity contribution is 8.18. The van der Waals surface area contributed by atoms with Gasteiger partial charge in [-0.05, 0) is 53.7 Å². The van der Waals surface area contributed by atoms with Gasteiger partial charge in [0.1, 0.15) is 5.75 Å². The van der Waals surface area contributed by atoms with Crippen molar-refractivity contribution in [2.24, 2.45) is 4.99 Å². The van der Waals surface area contributed by atoms with Crippen molar-refractivity contribution >= 4 is 28.9 Å². The van der Waals surface area contributed by atoms with Gasteiger partial charge in [0, 0.05) is 25.5 Å². The van der Waals surface area contributed by atoms with E-state index in [1.807, 2.05) is 10.8 Å². The van der Waals surface area contributed by atoms with Crippen molar-refractivity contribution in [1.82, 2.24) is 14.9 Å². The van der Waals surface area contributed by atoms with Gasteiger partial charge in [0.25, 0.3) is 5.91 Å². The van der Waals surface area contributed by atoms with Gasteiger partial charge < -0.3 is 19.4 Å². The fraction of sp³-hybridized carbons (Fsp3) is 0.167. The molecule has 0 saturated carbocycles. The maximum absolute atomic E-state index is 13.5. The molecule has 12 heteroatoms. The fourth-order valence-electron chi connectivity index (χ4n) is 3.23. The second kappa shape index (κ2) is 10.6. The molecule has 0 saturated heterocycles. The molecule has 0 radical (unpaired) electrons. The third kappa shape index (κ3) is 5.87. The third-order valence-corrected chi connectivity index (χ3v) is 5.89. The Morgan fingerprint density at radius 1 is 1.19 bits per heavy atom. The zero-order valence-corrected chi connectivity index (χ0v) is 19.6. The number of alkyl halides is 3. The Kier molecular flexibility index (Phi) is 7.30. The van der Waals surface area contributed by atoms with Crippen LogP contribution in [0.3, 0.4) is 0 Å². The maximum Gasteiger partial charge on any atom is 0.420 e. The van der Waals surface area contributed by atoms with E-state index in [1.165, 1.54) is 37.1 Å². The number of nitriles is 1. The van der Waals surface area contributed by atoms with E-state index < -0.39 is 23.4 Å². The number of hydrogen-bond donors (Lipinski definition) is 1. The van der Waals surface area contributed by atoms with Gasteiger partial charge in [0.05, 0.1) is 35.5 Å². The molecule has 0 spiro atoms. The molecule has 2 aromatic carbocycles. The summed E-state index contributed by atoms with van der Waals surface area (Å²) < 4.78 is 53.1. The lowest BCUT2D eigenvalue weighted by Crippen LogP contribution is -2.23.